The maximum absolute atomic E-state index is 9.88. The van der Waals surface area contributed by atoms with Gasteiger partial charge < -0.3 is 30.5 Å². The number of nitrogens with one attached hydrogen (secondary N) is 1. The van der Waals surface area contributed by atoms with E-state index in [0.717, 1.165) is 72.7 Å². The predicted octanol–water partition coefficient (Wildman–Crippen LogP) is 3.51. The van der Waals surface area contributed by atoms with Gasteiger partial charge in [0.1, 0.15) is 23.5 Å². The topological polar surface area (TPSA) is 107 Å². The molecule has 0 amide bonds. The SMILES string of the molecule is CN1CCC[C@@H]1COc1nc2c(c(N3CC4CCC(C3)N4)n1)CCCN(c1cccc3sc(N)c(C#N)c13)C2. The molecule has 3 saturated heterocycles. The number of nitriles is 1. The number of nitrogens with zero attached hydrogens (tertiary/aromatic N) is 6. The number of fused-ring (bicyclic) bond motifs is 4. The first-order chi connectivity index (χ1) is 19.1. The summed E-state index contributed by atoms with van der Waals surface area (Å²) in [6.45, 7) is 5.23. The molecule has 0 saturated carbocycles. The van der Waals surface area contributed by atoms with Gasteiger partial charge in [-0.15, -0.1) is 11.3 Å². The van der Waals surface area contributed by atoms with Crippen LogP contribution in [0.3, 0.4) is 0 Å². The van der Waals surface area contributed by atoms with Gasteiger partial charge in [0, 0.05) is 59.1 Å². The van der Waals surface area contributed by atoms with Gasteiger partial charge in [0.25, 0.3) is 0 Å². The second kappa shape index (κ2) is 10.1. The van der Waals surface area contributed by atoms with Crippen molar-refractivity contribution < 1.29 is 4.74 Å². The summed E-state index contributed by atoms with van der Waals surface area (Å²) < 4.78 is 7.39. The van der Waals surface area contributed by atoms with Crippen LogP contribution in [0.5, 0.6) is 6.01 Å². The van der Waals surface area contributed by atoms with Crippen molar-refractivity contribution in [1.29, 1.82) is 5.26 Å². The third kappa shape index (κ3) is 4.56. The summed E-state index contributed by atoms with van der Waals surface area (Å²) in [5.41, 5.74) is 10.2. The van der Waals surface area contributed by atoms with Crippen LogP contribution in [0.4, 0.5) is 16.5 Å². The van der Waals surface area contributed by atoms with Gasteiger partial charge in [-0.3, -0.25) is 0 Å². The number of benzene rings is 1. The van der Waals surface area contributed by atoms with Crippen LogP contribution < -0.4 is 25.6 Å². The van der Waals surface area contributed by atoms with Gasteiger partial charge in [0.05, 0.1) is 17.8 Å². The van der Waals surface area contributed by atoms with Gasteiger partial charge >= 0.3 is 6.01 Å². The third-order valence-corrected chi connectivity index (χ3v) is 10.00. The molecule has 3 fully saturated rings. The Kier molecular flexibility index (Phi) is 6.46. The fourth-order valence-electron chi connectivity index (χ4n) is 6.97. The quantitative estimate of drug-likeness (QED) is 0.499. The molecule has 0 aliphatic carbocycles. The van der Waals surface area contributed by atoms with Crippen LogP contribution in [0.15, 0.2) is 18.2 Å². The third-order valence-electron chi connectivity index (χ3n) is 9.01. The van der Waals surface area contributed by atoms with Crippen LogP contribution in [0.25, 0.3) is 10.1 Å². The number of rotatable bonds is 5. The smallest absolute Gasteiger partial charge is 0.318 e. The Morgan fingerprint density at radius 1 is 1.13 bits per heavy atom. The number of thiophene rings is 1. The number of likely N-dealkylation sites (N-methyl/N-ethyl adjacent to an activating group) is 1. The highest BCUT2D eigenvalue weighted by atomic mass is 32.1. The molecule has 2 bridgehead atoms. The summed E-state index contributed by atoms with van der Waals surface area (Å²) in [7, 11) is 2.17. The lowest BCUT2D eigenvalue weighted by Crippen LogP contribution is -2.51. The summed E-state index contributed by atoms with van der Waals surface area (Å²) in [5.74, 6) is 1.06. The summed E-state index contributed by atoms with van der Waals surface area (Å²) in [4.78, 5) is 17.4. The average molecular weight is 545 g/mol. The van der Waals surface area contributed by atoms with E-state index < -0.39 is 0 Å². The minimum atomic E-state index is 0.411. The highest BCUT2D eigenvalue weighted by Crippen LogP contribution is 2.41. The molecule has 4 aliphatic rings. The molecule has 2 unspecified atom stereocenters. The van der Waals surface area contributed by atoms with E-state index >= 15 is 0 Å². The van der Waals surface area contributed by atoms with Gasteiger partial charge in [-0.25, -0.2) is 0 Å². The number of hydrogen-bond acceptors (Lipinski definition) is 10. The molecular weight excluding hydrogens is 508 g/mol. The highest BCUT2D eigenvalue weighted by molar-refractivity contribution is 7.23. The lowest BCUT2D eigenvalue weighted by atomic mass is 10.1. The molecule has 39 heavy (non-hydrogen) atoms. The molecule has 10 heteroatoms. The molecule has 4 aliphatic heterocycles. The summed E-state index contributed by atoms with van der Waals surface area (Å²) >= 11 is 1.49. The van der Waals surface area contributed by atoms with Crippen LogP contribution in [-0.4, -0.2) is 72.8 Å². The Hall–Kier alpha value is -3.13. The fourth-order valence-corrected chi connectivity index (χ4v) is 7.92. The minimum Gasteiger partial charge on any atom is -0.462 e. The number of anilines is 3. The molecule has 204 valence electrons. The Bertz CT molecular complexity index is 1420. The van der Waals surface area contributed by atoms with E-state index in [2.05, 4.69) is 51.3 Å². The van der Waals surface area contributed by atoms with Crippen molar-refractivity contribution in [3.63, 3.8) is 0 Å². The Morgan fingerprint density at radius 3 is 2.74 bits per heavy atom. The van der Waals surface area contributed by atoms with Crippen LogP contribution in [0.2, 0.25) is 0 Å². The first-order valence-electron chi connectivity index (χ1n) is 14.3. The van der Waals surface area contributed by atoms with E-state index in [4.69, 9.17) is 20.4 Å². The number of aromatic nitrogens is 2. The number of likely N-dealkylation sites (tertiary alicyclic amines) is 1. The maximum Gasteiger partial charge on any atom is 0.318 e. The predicted molar refractivity (Wildman–Crippen MR) is 156 cm³/mol. The number of piperazine rings is 1. The van der Waals surface area contributed by atoms with Gasteiger partial charge in [-0.2, -0.15) is 15.2 Å². The molecule has 3 aromatic rings. The van der Waals surface area contributed by atoms with Gasteiger partial charge in [-0.1, -0.05) is 6.07 Å². The molecule has 7 rings (SSSR count). The van der Waals surface area contributed by atoms with E-state index in [0.29, 0.717) is 47.9 Å². The van der Waals surface area contributed by atoms with Crippen molar-refractivity contribution in [3.05, 3.63) is 35.0 Å². The first-order valence-corrected chi connectivity index (χ1v) is 15.1. The van der Waals surface area contributed by atoms with Gasteiger partial charge in [0.2, 0.25) is 0 Å². The van der Waals surface area contributed by atoms with Crippen molar-refractivity contribution >= 4 is 37.9 Å². The second-order valence-corrected chi connectivity index (χ2v) is 12.6. The maximum atomic E-state index is 9.88. The van der Waals surface area contributed by atoms with Crippen LogP contribution >= 0.6 is 11.3 Å². The second-order valence-electron chi connectivity index (χ2n) is 11.5. The first kappa shape index (κ1) is 24.9. The summed E-state index contributed by atoms with van der Waals surface area (Å²) in [6.07, 6.45) is 6.75. The number of nitrogen functional groups attached to an aromatic ring is 1. The van der Waals surface area contributed by atoms with E-state index in [1.807, 2.05) is 0 Å². The van der Waals surface area contributed by atoms with E-state index in [9.17, 15) is 5.26 Å². The van der Waals surface area contributed by atoms with Crippen molar-refractivity contribution in [2.45, 2.75) is 63.2 Å². The van der Waals surface area contributed by atoms with Crippen LogP contribution in [-0.2, 0) is 13.0 Å². The highest BCUT2D eigenvalue weighted by Gasteiger charge is 2.35. The van der Waals surface area contributed by atoms with Crippen LogP contribution in [0, 0.1) is 11.3 Å². The minimum absolute atomic E-state index is 0.411. The van der Waals surface area contributed by atoms with Crippen molar-refractivity contribution in [1.82, 2.24) is 20.2 Å². The number of ether oxygens (including phenoxy) is 1. The zero-order chi connectivity index (χ0) is 26.5. The Morgan fingerprint density at radius 2 is 1.97 bits per heavy atom. The zero-order valence-corrected chi connectivity index (χ0v) is 23.3. The monoisotopic (exact) mass is 544 g/mol. The number of nitrogens with two attached hydrogens (primary N) is 1. The molecule has 3 N–H and O–H groups in total. The van der Waals surface area contributed by atoms with E-state index in [1.165, 1.54) is 36.2 Å². The van der Waals surface area contributed by atoms with Crippen molar-refractivity contribution in [2.75, 3.05) is 55.4 Å². The molecule has 9 nitrogen and oxygen atoms in total. The summed E-state index contributed by atoms with van der Waals surface area (Å²) in [5, 5.41) is 15.2. The van der Waals surface area contributed by atoms with Gasteiger partial charge in [0.15, 0.2) is 0 Å². The average Bonchev–Trinajstić information content (AvgIpc) is 3.55. The molecule has 0 radical (unpaired) electrons. The largest absolute Gasteiger partial charge is 0.462 e. The standard InChI is InChI=1S/C29H36N8OS/c1-35-11-3-5-20(35)17-38-29-33-23-16-36(24-7-2-8-25-26(24)22(13-30)27(31)39-25)12-4-6-21(23)28(34-29)37-14-18-9-10-19(15-37)32-18/h2,7-8,18-20,32H,3-6,9-12,14-17,31H2,1H3/t18?,19?,20-/m1/s1. The molecule has 0 spiro atoms. The molecule has 2 aromatic heterocycles. The fraction of sp³-hybridized carbons (Fsp3) is 0.552. The molecule has 1 aromatic carbocycles. The normalized spacial score (nSPS) is 25.1. The van der Waals surface area contributed by atoms with E-state index in [-0.39, 0.29) is 0 Å². The Labute approximate surface area is 233 Å². The lowest BCUT2D eigenvalue weighted by molar-refractivity contribution is 0.187. The summed E-state index contributed by atoms with van der Waals surface area (Å²) in [6, 6.07) is 10.5. The van der Waals surface area contributed by atoms with Crippen molar-refractivity contribution in [3.8, 4) is 12.1 Å². The number of hydrogen-bond donors (Lipinski definition) is 2. The van der Waals surface area contributed by atoms with Gasteiger partial charge in [-0.05, 0) is 64.3 Å². The molecule has 6 heterocycles. The van der Waals surface area contributed by atoms with Crippen LogP contribution in [0.1, 0.15) is 48.9 Å². The van der Waals surface area contributed by atoms with E-state index in [1.54, 1.807) is 0 Å². The zero-order valence-electron chi connectivity index (χ0n) is 22.5. The molecule has 3 atom stereocenters. The lowest BCUT2D eigenvalue weighted by Gasteiger charge is -2.35. The Balaban J connectivity index is 1.26. The molecular formula is C29H36N8OS. The van der Waals surface area contributed by atoms with Crippen molar-refractivity contribution in [2.24, 2.45) is 0 Å².